The number of benzene rings is 2. The average Bonchev–Trinajstić information content (AvgIpc) is 2.98. The van der Waals surface area contributed by atoms with E-state index in [1.54, 1.807) is 18.2 Å². The largest absolute Gasteiger partial charge is 0.457 e. The van der Waals surface area contributed by atoms with Crippen molar-refractivity contribution in [3.8, 4) is 0 Å². The van der Waals surface area contributed by atoms with Gasteiger partial charge in [0.2, 0.25) is 5.91 Å². The number of thioether (sulfide) groups is 1. The molecule has 0 aromatic heterocycles. The van der Waals surface area contributed by atoms with Crippen molar-refractivity contribution < 1.29 is 19.1 Å². The zero-order valence-electron chi connectivity index (χ0n) is 14.6. The number of anilines is 1. The van der Waals surface area contributed by atoms with Crippen LogP contribution in [0.15, 0.2) is 41.3 Å². The fraction of sp³-hybridized carbons (Fsp3) is 0.250. The molecule has 6 heteroatoms. The van der Waals surface area contributed by atoms with E-state index in [2.05, 4.69) is 11.4 Å². The van der Waals surface area contributed by atoms with Crippen LogP contribution in [-0.4, -0.2) is 30.0 Å². The number of Topliss-reactive ketones (excluding diaryl/α,β-unsaturated/α-hetero) is 1. The smallest absolute Gasteiger partial charge is 0.316 e. The first-order chi connectivity index (χ1) is 12.4. The number of aryl methyl sites for hydroxylation is 2. The molecule has 3 rings (SSSR count). The summed E-state index contributed by atoms with van der Waals surface area (Å²) in [6.07, 6.45) is 0.267. The number of carbonyl (C=O) groups is 3. The number of amides is 1. The van der Waals surface area contributed by atoms with Crippen LogP contribution < -0.4 is 5.32 Å². The Labute approximate surface area is 156 Å². The van der Waals surface area contributed by atoms with Crippen molar-refractivity contribution in [1.29, 1.82) is 0 Å². The summed E-state index contributed by atoms with van der Waals surface area (Å²) in [5, 5.41) is 2.72. The van der Waals surface area contributed by atoms with Gasteiger partial charge in [-0.2, -0.15) is 0 Å². The minimum atomic E-state index is -0.429. The van der Waals surface area contributed by atoms with Crippen LogP contribution in [0.1, 0.15) is 27.0 Å². The van der Waals surface area contributed by atoms with Gasteiger partial charge in [-0.15, -0.1) is 11.8 Å². The predicted octanol–water partition coefficient (Wildman–Crippen LogP) is 3.32. The Kier molecular flexibility index (Phi) is 5.42. The van der Waals surface area contributed by atoms with Crippen LogP contribution in [0.25, 0.3) is 0 Å². The molecule has 0 spiro atoms. The van der Waals surface area contributed by atoms with E-state index in [4.69, 9.17) is 4.74 Å². The molecule has 0 fully saturated rings. The van der Waals surface area contributed by atoms with Crippen molar-refractivity contribution in [2.45, 2.75) is 25.2 Å². The standard InChI is InChI=1S/C20H19NO4S/c1-12-3-6-18(13(2)7-12)26-11-20(24)25-10-17(22)14-4-5-16-15(8-14)9-19(23)21-16/h3-8H,9-11H2,1-2H3,(H,21,23). The van der Waals surface area contributed by atoms with Crippen molar-refractivity contribution in [2.24, 2.45) is 0 Å². The Balaban J connectivity index is 1.50. The van der Waals surface area contributed by atoms with Gasteiger partial charge < -0.3 is 10.1 Å². The van der Waals surface area contributed by atoms with Crippen molar-refractivity contribution >= 4 is 35.1 Å². The van der Waals surface area contributed by atoms with Gasteiger partial charge in [0.15, 0.2) is 12.4 Å². The summed E-state index contributed by atoms with van der Waals surface area (Å²) in [5.74, 6) is -0.641. The van der Waals surface area contributed by atoms with Gasteiger partial charge in [0.1, 0.15) is 0 Å². The zero-order chi connectivity index (χ0) is 18.7. The second kappa shape index (κ2) is 7.74. The summed E-state index contributed by atoms with van der Waals surface area (Å²) in [6.45, 7) is 3.72. The molecule has 1 N–H and O–H groups in total. The highest BCUT2D eigenvalue weighted by Crippen LogP contribution is 2.25. The van der Waals surface area contributed by atoms with Crippen LogP contribution in [0.3, 0.4) is 0 Å². The lowest BCUT2D eigenvalue weighted by atomic mass is 10.1. The van der Waals surface area contributed by atoms with Gasteiger partial charge >= 0.3 is 5.97 Å². The van der Waals surface area contributed by atoms with E-state index in [9.17, 15) is 14.4 Å². The van der Waals surface area contributed by atoms with E-state index < -0.39 is 5.97 Å². The third kappa shape index (κ3) is 4.32. The summed E-state index contributed by atoms with van der Waals surface area (Å²) in [6, 6.07) is 11.0. The summed E-state index contributed by atoms with van der Waals surface area (Å²) in [4.78, 5) is 36.5. The highest BCUT2D eigenvalue weighted by molar-refractivity contribution is 8.00. The molecule has 0 bridgehead atoms. The second-order valence-corrected chi connectivity index (χ2v) is 7.26. The van der Waals surface area contributed by atoms with Crippen molar-refractivity contribution in [1.82, 2.24) is 0 Å². The average molecular weight is 369 g/mol. The topological polar surface area (TPSA) is 72.5 Å². The van der Waals surface area contributed by atoms with Gasteiger partial charge in [-0.05, 0) is 49.2 Å². The fourth-order valence-electron chi connectivity index (χ4n) is 2.77. The summed E-state index contributed by atoms with van der Waals surface area (Å²) in [7, 11) is 0. The number of rotatable bonds is 6. The molecule has 2 aromatic rings. The van der Waals surface area contributed by atoms with Gasteiger partial charge in [0.25, 0.3) is 0 Å². The lowest BCUT2D eigenvalue weighted by Gasteiger charge is -2.07. The maximum absolute atomic E-state index is 12.2. The third-order valence-corrected chi connectivity index (χ3v) is 5.24. The molecule has 1 amide bonds. The zero-order valence-corrected chi connectivity index (χ0v) is 15.4. The molecule has 1 aliphatic heterocycles. The summed E-state index contributed by atoms with van der Waals surface area (Å²) < 4.78 is 5.09. The molecule has 0 aliphatic carbocycles. The lowest BCUT2D eigenvalue weighted by Crippen LogP contribution is -2.15. The first-order valence-corrected chi connectivity index (χ1v) is 9.22. The molecule has 0 saturated heterocycles. The molecule has 0 atom stereocenters. The summed E-state index contributed by atoms with van der Waals surface area (Å²) >= 11 is 1.40. The third-order valence-electron chi connectivity index (χ3n) is 4.09. The SMILES string of the molecule is Cc1ccc(SCC(=O)OCC(=O)c2ccc3c(c2)CC(=O)N3)c(C)c1. The number of fused-ring (bicyclic) bond motifs is 1. The number of esters is 1. The number of hydrogen-bond acceptors (Lipinski definition) is 5. The molecule has 134 valence electrons. The number of hydrogen-bond donors (Lipinski definition) is 1. The molecule has 0 radical (unpaired) electrons. The molecule has 0 unspecified atom stereocenters. The van der Waals surface area contributed by atoms with Crippen LogP contribution in [0.5, 0.6) is 0 Å². The maximum atomic E-state index is 12.2. The Morgan fingerprint density at radius 3 is 2.73 bits per heavy atom. The van der Waals surface area contributed by atoms with Crippen molar-refractivity contribution in [3.63, 3.8) is 0 Å². The molecule has 2 aromatic carbocycles. The Hall–Kier alpha value is -2.60. The van der Waals surface area contributed by atoms with Crippen LogP contribution >= 0.6 is 11.8 Å². The van der Waals surface area contributed by atoms with Gasteiger partial charge in [0.05, 0.1) is 12.2 Å². The van der Waals surface area contributed by atoms with Crippen LogP contribution in [0.2, 0.25) is 0 Å². The van der Waals surface area contributed by atoms with E-state index in [-0.39, 0.29) is 30.5 Å². The molecular formula is C20H19NO4S. The molecule has 5 nitrogen and oxygen atoms in total. The minimum absolute atomic E-state index is 0.0838. The Bertz CT molecular complexity index is 891. The van der Waals surface area contributed by atoms with Gasteiger partial charge in [-0.3, -0.25) is 14.4 Å². The monoisotopic (exact) mass is 369 g/mol. The van der Waals surface area contributed by atoms with Gasteiger partial charge in [-0.25, -0.2) is 0 Å². The van der Waals surface area contributed by atoms with E-state index in [0.29, 0.717) is 5.56 Å². The molecule has 0 saturated carbocycles. The summed E-state index contributed by atoms with van der Waals surface area (Å²) in [5.41, 5.74) is 4.24. The minimum Gasteiger partial charge on any atom is -0.457 e. The van der Waals surface area contributed by atoms with E-state index in [1.807, 2.05) is 26.0 Å². The van der Waals surface area contributed by atoms with Gasteiger partial charge in [0, 0.05) is 16.1 Å². The Morgan fingerprint density at radius 1 is 1.15 bits per heavy atom. The normalized spacial score (nSPS) is 12.5. The fourth-order valence-corrected chi connectivity index (χ4v) is 3.58. The molecule has 1 heterocycles. The number of nitrogens with one attached hydrogen (secondary N) is 1. The highest BCUT2D eigenvalue weighted by atomic mass is 32.2. The highest BCUT2D eigenvalue weighted by Gasteiger charge is 2.19. The van der Waals surface area contributed by atoms with Crippen LogP contribution in [0.4, 0.5) is 5.69 Å². The Morgan fingerprint density at radius 2 is 1.96 bits per heavy atom. The van der Waals surface area contributed by atoms with Crippen LogP contribution in [0, 0.1) is 13.8 Å². The molecule has 1 aliphatic rings. The number of ether oxygens (including phenoxy) is 1. The first kappa shape index (κ1) is 18.2. The molecule has 26 heavy (non-hydrogen) atoms. The van der Waals surface area contributed by atoms with Crippen LogP contribution in [-0.2, 0) is 20.7 Å². The predicted molar refractivity (Wildman–Crippen MR) is 101 cm³/mol. The molecular weight excluding hydrogens is 350 g/mol. The first-order valence-electron chi connectivity index (χ1n) is 8.24. The number of carbonyl (C=O) groups excluding carboxylic acids is 3. The maximum Gasteiger partial charge on any atom is 0.316 e. The van der Waals surface area contributed by atoms with Crippen molar-refractivity contribution in [3.05, 3.63) is 58.7 Å². The van der Waals surface area contributed by atoms with E-state index >= 15 is 0 Å². The van der Waals surface area contributed by atoms with E-state index in [0.717, 1.165) is 21.7 Å². The van der Waals surface area contributed by atoms with Crippen molar-refractivity contribution in [2.75, 3.05) is 17.7 Å². The quantitative estimate of drug-likeness (QED) is 0.480. The lowest BCUT2D eigenvalue weighted by molar-refractivity contribution is -0.139. The number of ketones is 1. The van der Waals surface area contributed by atoms with Gasteiger partial charge in [-0.1, -0.05) is 17.7 Å². The second-order valence-electron chi connectivity index (χ2n) is 6.24. The van der Waals surface area contributed by atoms with E-state index in [1.165, 1.54) is 17.3 Å².